The zero-order valence-electron chi connectivity index (χ0n) is 13.5. The Hall–Kier alpha value is -3.53. The van der Waals surface area contributed by atoms with E-state index in [0.29, 0.717) is 11.3 Å². The van der Waals surface area contributed by atoms with Gasteiger partial charge in [-0.15, -0.1) is 0 Å². The van der Waals surface area contributed by atoms with Gasteiger partial charge in [-0.3, -0.25) is 4.79 Å². The minimum atomic E-state index is -0.114. The second kappa shape index (κ2) is 6.17. The molecule has 4 heteroatoms. The third-order valence-corrected chi connectivity index (χ3v) is 4.14. The standard InChI is InChI=1S/C21H17N3O/c22-15-9-6-10-16(13-15)23-20(14-7-2-1-3-8-14)19-17-11-4-5-12-18(17)24-21(19)25/h1-13,23H,22H2,(H,24,25). The Labute approximate surface area is 146 Å². The van der Waals surface area contributed by atoms with E-state index in [1.54, 1.807) is 0 Å². The number of hydrogen-bond acceptors (Lipinski definition) is 3. The number of anilines is 3. The Balaban J connectivity index is 1.91. The van der Waals surface area contributed by atoms with Crippen LogP contribution in [0.3, 0.4) is 0 Å². The van der Waals surface area contributed by atoms with Gasteiger partial charge in [0.1, 0.15) is 0 Å². The Morgan fingerprint density at radius 3 is 2.44 bits per heavy atom. The number of nitrogen functional groups attached to an aromatic ring is 1. The zero-order chi connectivity index (χ0) is 17.2. The van der Waals surface area contributed by atoms with Gasteiger partial charge in [0.2, 0.25) is 0 Å². The summed E-state index contributed by atoms with van der Waals surface area (Å²) in [4.78, 5) is 12.7. The van der Waals surface area contributed by atoms with E-state index in [1.807, 2.05) is 78.9 Å². The van der Waals surface area contributed by atoms with Crippen LogP contribution in [0.2, 0.25) is 0 Å². The molecule has 0 aliphatic carbocycles. The molecule has 0 saturated heterocycles. The molecule has 1 amide bonds. The summed E-state index contributed by atoms with van der Waals surface area (Å²) < 4.78 is 0. The van der Waals surface area contributed by atoms with Crippen molar-refractivity contribution >= 4 is 34.2 Å². The van der Waals surface area contributed by atoms with E-state index in [4.69, 9.17) is 5.73 Å². The number of carbonyl (C=O) groups is 1. The zero-order valence-corrected chi connectivity index (χ0v) is 13.5. The molecule has 3 aromatic rings. The largest absolute Gasteiger partial charge is 0.399 e. The molecule has 0 fully saturated rings. The molecule has 3 aromatic carbocycles. The maximum atomic E-state index is 12.7. The molecule has 0 aromatic heterocycles. The Kier molecular flexibility index (Phi) is 3.71. The number of nitrogens with two attached hydrogens (primary N) is 1. The predicted octanol–water partition coefficient (Wildman–Crippen LogP) is 4.20. The fourth-order valence-electron chi connectivity index (χ4n) is 3.01. The van der Waals surface area contributed by atoms with Crippen LogP contribution >= 0.6 is 0 Å². The molecule has 4 rings (SSSR count). The first-order valence-electron chi connectivity index (χ1n) is 8.05. The highest BCUT2D eigenvalue weighted by Gasteiger charge is 2.27. The van der Waals surface area contributed by atoms with Gasteiger partial charge in [-0.2, -0.15) is 0 Å². The summed E-state index contributed by atoms with van der Waals surface area (Å²) in [5.74, 6) is -0.114. The Morgan fingerprint density at radius 1 is 0.880 bits per heavy atom. The third-order valence-electron chi connectivity index (χ3n) is 4.14. The van der Waals surface area contributed by atoms with E-state index in [9.17, 15) is 4.79 Å². The number of carbonyl (C=O) groups excluding carboxylic acids is 1. The van der Waals surface area contributed by atoms with E-state index < -0.39 is 0 Å². The molecule has 0 atom stereocenters. The highest BCUT2D eigenvalue weighted by Crippen LogP contribution is 2.37. The number of hydrogen-bond donors (Lipinski definition) is 3. The van der Waals surface area contributed by atoms with Crippen molar-refractivity contribution in [3.63, 3.8) is 0 Å². The minimum Gasteiger partial charge on any atom is -0.399 e. The van der Waals surface area contributed by atoms with Gasteiger partial charge in [-0.1, -0.05) is 54.6 Å². The summed E-state index contributed by atoms with van der Waals surface area (Å²) in [7, 11) is 0. The monoisotopic (exact) mass is 327 g/mol. The van der Waals surface area contributed by atoms with Crippen LogP contribution in [-0.2, 0) is 4.79 Å². The molecular formula is C21H17N3O. The van der Waals surface area contributed by atoms with Crippen LogP contribution in [0.5, 0.6) is 0 Å². The lowest BCUT2D eigenvalue weighted by atomic mass is 10.00. The van der Waals surface area contributed by atoms with Crippen LogP contribution in [-0.4, -0.2) is 5.91 Å². The summed E-state index contributed by atoms with van der Waals surface area (Å²) in [6.07, 6.45) is 0. The van der Waals surface area contributed by atoms with E-state index in [2.05, 4.69) is 10.6 Å². The molecule has 0 spiro atoms. The van der Waals surface area contributed by atoms with Gasteiger partial charge in [0.25, 0.3) is 5.91 Å². The van der Waals surface area contributed by atoms with E-state index in [0.717, 1.165) is 28.2 Å². The van der Waals surface area contributed by atoms with Gasteiger partial charge in [0, 0.05) is 22.6 Å². The van der Waals surface area contributed by atoms with Crippen LogP contribution in [0.15, 0.2) is 78.9 Å². The summed E-state index contributed by atoms with van der Waals surface area (Å²) >= 11 is 0. The van der Waals surface area contributed by atoms with Crippen molar-refractivity contribution < 1.29 is 4.79 Å². The molecular weight excluding hydrogens is 310 g/mol. The fraction of sp³-hybridized carbons (Fsp3) is 0. The van der Waals surface area contributed by atoms with E-state index in [1.165, 1.54) is 0 Å². The minimum absolute atomic E-state index is 0.114. The average molecular weight is 327 g/mol. The number of amides is 1. The van der Waals surface area contributed by atoms with Crippen LogP contribution in [0.1, 0.15) is 11.1 Å². The summed E-state index contributed by atoms with van der Waals surface area (Å²) in [5.41, 5.74) is 11.4. The average Bonchev–Trinajstić information content (AvgIpc) is 2.96. The van der Waals surface area contributed by atoms with Crippen molar-refractivity contribution in [3.05, 3.63) is 90.0 Å². The number of benzene rings is 3. The number of rotatable bonds is 3. The number of para-hydroxylation sites is 1. The van der Waals surface area contributed by atoms with Gasteiger partial charge in [-0.25, -0.2) is 0 Å². The quantitative estimate of drug-likeness (QED) is 0.499. The lowest BCUT2D eigenvalue weighted by Gasteiger charge is -2.15. The first-order chi connectivity index (χ1) is 12.2. The van der Waals surface area contributed by atoms with Gasteiger partial charge in [0.05, 0.1) is 11.3 Å². The first-order valence-corrected chi connectivity index (χ1v) is 8.05. The molecule has 25 heavy (non-hydrogen) atoms. The molecule has 1 heterocycles. The van der Waals surface area contributed by atoms with Gasteiger partial charge < -0.3 is 16.4 Å². The molecule has 1 aliphatic heterocycles. The Morgan fingerprint density at radius 2 is 1.64 bits per heavy atom. The summed E-state index contributed by atoms with van der Waals surface area (Å²) in [6, 6.07) is 25.0. The SMILES string of the molecule is Nc1cccc(NC(=C2C(=O)Nc3ccccc32)c2ccccc2)c1. The van der Waals surface area contributed by atoms with Crippen LogP contribution in [0, 0.1) is 0 Å². The van der Waals surface area contributed by atoms with Crippen LogP contribution < -0.4 is 16.4 Å². The van der Waals surface area contributed by atoms with Gasteiger partial charge in [0.15, 0.2) is 0 Å². The van der Waals surface area contributed by atoms with Crippen LogP contribution in [0.25, 0.3) is 11.3 Å². The van der Waals surface area contributed by atoms with Crippen LogP contribution in [0.4, 0.5) is 17.1 Å². The third kappa shape index (κ3) is 2.85. The molecule has 0 saturated carbocycles. The lowest BCUT2D eigenvalue weighted by molar-refractivity contribution is -0.110. The number of nitrogens with one attached hydrogen (secondary N) is 2. The lowest BCUT2D eigenvalue weighted by Crippen LogP contribution is -2.10. The molecule has 1 aliphatic rings. The van der Waals surface area contributed by atoms with E-state index >= 15 is 0 Å². The Bertz CT molecular complexity index is 977. The second-order valence-corrected chi connectivity index (χ2v) is 5.87. The summed E-state index contributed by atoms with van der Waals surface area (Å²) in [6.45, 7) is 0. The van der Waals surface area contributed by atoms with Crippen molar-refractivity contribution in [2.75, 3.05) is 16.4 Å². The normalized spacial score (nSPS) is 14.6. The van der Waals surface area contributed by atoms with Crippen molar-refractivity contribution in [1.82, 2.24) is 0 Å². The maximum Gasteiger partial charge on any atom is 0.258 e. The molecule has 0 radical (unpaired) electrons. The van der Waals surface area contributed by atoms with Crippen molar-refractivity contribution in [3.8, 4) is 0 Å². The van der Waals surface area contributed by atoms with Gasteiger partial charge >= 0.3 is 0 Å². The maximum absolute atomic E-state index is 12.7. The van der Waals surface area contributed by atoms with Crippen molar-refractivity contribution in [2.24, 2.45) is 0 Å². The fourth-order valence-corrected chi connectivity index (χ4v) is 3.01. The van der Waals surface area contributed by atoms with Gasteiger partial charge in [-0.05, 0) is 29.8 Å². The van der Waals surface area contributed by atoms with Crippen molar-refractivity contribution in [1.29, 1.82) is 0 Å². The van der Waals surface area contributed by atoms with Crippen molar-refractivity contribution in [2.45, 2.75) is 0 Å². The molecule has 4 nitrogen and oxygen atoms in total. The predicted molar refractivity (Wildman–Crippen MR) is 103 cm³/mol. The molecule has 4 N–H and O–H groups in total. The highest BCUT2D eigenvalue weighted by molar-refractivity contribution is 6.37. The smallest absolute Gasteiger partial charge is 0.258 e. The second-order valence-electron chi connectivity index (χ2n) is 5.87. The molecule has 0 unspecified atom stereocenters. The molecule has 122 valence electrons. The van der Waals surface area contributed by atoms with E-state index in [-0.39, 0.29) is 5.91 Å². The number of fused-ring (bicyclic) bond motifs is 1. The highest BCUT2D eigenvalue weighted by atomic mass is 16.2. The summed E-state index contributed by atoms with van der Waals surface area (Å²) in [5, 5.41) is 6.32. The topological polar surface area (TPSA) is 67.1 Å². The first kappa shape index (κ1) is 15.0. The molecule has 0 bridgehead atoms.